The van der Waals surface area contributed by atoms with Gasteiger partial charge in [0.15, 0.2) is 0 Å². The first-order valence-electron chi connectivity index (χ1n) is 9.41. The Morgan fingerprint density at radius 3 is 2.12 bits per heavy atom. The molecule has 3 heteroatoms. The van der Waals surface area contributed by atoms with Crippen molar-refractivity contribution in [3.05, 3.63) is 46.8 Å². The summed E-state index contributed by atoms with van der Waals surface area (Å²) in [5.41, 5.74) is 0.961. The van der Waals surface area contributed by atoms with E-state index in [-0.39, 0.29) is 29.6 Å². The molecule has 1 unspecified atom stereocenters. The predicted molar refractivity (Wildman–Crippen MR) is 91.7 cm³/mol. The van der Waals surface area contributed by atoms with Crippen molar-refractivity contribution in [2.24, 2.45) is 5.92 Å². The normalized spacial score (nSPS) is 27.8. The van der Waals surface area contributed by atoms with Crippen molar-refractivity contribution in [3.63, 3.8) is 0 Å². The molecule has 1 atom stereocenters. The molecule has 1 fully saturated rings. The number of hydrogen-bond acceptors (Lipinski definition) is 0. The molecule has 0 saturated heterocycles. The van der Waals surface area contributed by atoms with Crippen LogP contribution in [0.25, 0.3) is 0 Å². The Balaban J connectivity index is 1.73. The van der Waals surface area contributed by atoms with Crippen molar-refractivity contribution >= 4 is 0 Å². The van der Waals surface area contributed by atoms with Gasteiger partial charge in [-0.05, 0) is 80.4 Å². The summed E-state index contributed by atoms with van der Waals surface area (Å²) in [7, 11) is 0. The van der Waals surface area contributed by atoms with Crippen LogP contribution in [0.3, 0.4) is 0 Å². The summed E-state index contributed by atoms with van der Waals surface area (Å²) in [6.45, 7) is 2.21. The zero-order valence-electron chi connectivity index (χ0n) is 14.5. The molecule has 0 N–H and O–H groups in total. The van der Waals surface area contributed by atoms with E-state index >= 15 is 0 Å². The molecule has 0 aromatic heterocycles. The molecular weight excluding hydrogens is 309 g/mol. The van der Waals surface area contributed by atoms with Crippen LogP contribution in [-0.2, 0) is 0 Å². The highest BCUT2D eigenvalue weighted by Crippen LogP contribution is 2.40. The molecule has 0 spiro atoms. The van der Waals surface area contributed by atoms with Crippen LogP contribution in [0, 0.1) is 17.6 Å². The van der Waals surface area contributed by atoms with E-state index in [2.05, 4.69) is 6.92 Å². The predicted octanol–water partition coefficient (Wildman–Crippen LogP) is 7.16. The fourth-order valence-electron chi connectivity index (χ4n) is 4.49. The summed E-state index contributed by atoms with van der Waals surface area (Å²) in [4.78, 5) is 0. The maximum atomic E-state index is 14.6. The molecule has 1 aromatic carbocycles. The molecular formula is C21H27F3. The van der Waals surface area contributed by atoms with Crippen LogP contribution < -0.4 is 0 Å². The van der Waals surface area contributed by atoms with E-state index in [1.165, 1.54) is 31.1 Å². The van der Waals surface area contributed by atoms with Crippen LogP contribution in [0.2, 0.25) is 0 Å². The second-order valence-electron chi connectivity index (χ2n) is 7.53. The van der Waals surface area contributed by atoms with E-state index in [0.717, 1.165) is 37.2 Å². The van der Waals surface area contributed by atoms with Crippen LogP contribution in [0.15, 0.2) is 24.0 Å². The number of benzene rings is 1. The van der Waals surface area contributed by atoms with Crippen molar-refractivity contribution in [1.82, 2.24) is 0 Å². The van der Waals surface area contributed by atoms with E-state index in [4.69, 9.17) is 0 Å². The van der Waals surface area contributed by atoms with Gasteiger partial charge in [-0.2, -0.15) is 0 Å². The molecule has 0 aliphatic heterocycles. The molecule has 3 rings (SSSR count). The minimum Gasteiger partial charge on any atom is -0.212 e. The fourth-order valence-corrected chi connectivity index (χ4v) is 4.49. The van der Waals surface area contributed by atoms with Crippen molar-refractivity contribution in [2.75, 3.05) is 0 Å². The summed E-state index contributed by atoms with van der Waals surface area (Å²) < 4.78 is 42.3. The average molecular weight is 336 g/mol. The second-order valence-corrected chi connectivity index (χ2v) is 7.53. The standard InChI is InChI=1S/C21H27F3/c1-2-3-14-4-6-15(7-5-14)17-12-19(23)21(20(24)13-17)16-8-10-18(22)11-9-16/h10,12-16H,2-9,11H2,1H3. The van der Waals surface area contributed by atoms with E-state index in [1.807, 2.05) is 0 Å². The highest BCUT2D eigenvalue weighted by molar-refractivity contribution is 5.32. The van der Waals surface area contributed by atoms with Gasteiger partial charge in [0.05, 0.1) is 5.83 Å². The first-order valence-corrected chi connectivity index (χ1v) is 9.41. The first-order chi connectivity index (χ1) is 11.6. The number of halogens is 3. The summed E-state index contributed by atoms with van der Waals surface area (Å²) in [5, 5.41) is 0. The Hall–Kier alpha value is -1.25. The highest BCUT2D eigenvalue weighted by Gasteiger charge is 2.27. The minimum atomic E-state index is -0.443. The second kappa shape index (κ2) is 7.76. The van der Waals surface area contributed by atoms with Crippen molar-refractivity contribution in [2.45, 2.75) is 76.5 Å². The summed E-state index contributed by atoms with van der Waals surface area (Å²) in [5.74, 6) is -0.224. The van der Waals surface area contributed by atoms with Crippen molar-refractivity contribution in [3.8, 4) is 0 Å². The Labute approximate surface area is 143 Å². The molecule has 24 heavy (non-hydrogen) atoms. The zero-order valence-corrected chi connectivity index (χ0v) is 14.5. The summed E-state index contributed by atoms with van der Waals surface area (Å²) >= 11 is 0. The van der Waals surface area contributed by atoms with Crippen LogP contribution in [0.4, 0.5) is 13.2 Å². The first kappa shape index (κ1) is 17.6. The molecule has 0 nitrogen and oxygen atoms in total. The maximum Gasteiger partial charge on any atom is 0.129 e. The smallest absolute Gasteiger partial charge is 0.129 e. The number of hydrogen-bond donors (Lipinski definition) is 0. The molecule has 2 aliphatic rings. The lowest BCUT2D eigenvalue weighted by Gasteiger charge is -2.29. The molecule has 0 heterocycles. The van der Waals surface area contributed by atoms with Gasteiger partial charge in [0, 0.05) is 5.56 Å². The molecule has 132 valence electrons. The average Bonchev–Trinajstić information content (AvgIpc) is 2.57. The SMILES string of the molecule is CCCC1CCC(c2cc(F)c(C3CC=C(F)CC3)c(F)c2)CC1. The molecule has 0 amide bonds. The summed E-state index contributed by atoms with van der Waals surface area (Å²) in [6, 6.07) is 3.08. The molecule has 0 radical (unpaired) electrons. The van der Waals surface area contributed by atoms with Crippen molar-refractivity contribution in [1.29, 1.82) is 0 Å². The van der Waals surface area contributed by atoms with E-state index in [9.17, 15) is 13.2 Å². The van der Waals surface area contributed by atoms with Gasteiger partial charge in [0.1, 0.15) is 11.6 Å². The Morgan fingerprint density at radius 2 is 1.58 bits per heavy atom. The van der Waals surface area contributed by atoms with E-state index < -0.39 is 11.6 Å². The van der Waals surface area contributed by atoms with E-state index in [0.29, 0.717) is 12.8 Å². The van der Waals surface area contributed by atoms with Crippen molar-refractivity contribution < 1.29 is 13.2 Å². The maximum absolute atomic E-state index is 14.6. The van der Waals surface area contributed by atoms with Crippen LogP contribution >= 0.6 is 0 Å². The lowest BCUT2D eigenvalue weighted by Crippen LogP contribution is -2.15. The van der Waals surface area contributed by atoms with Gasteiger partial charge >= 0.3 is 0 Å². The van der Waals surface area contributed by atoms with Gasteiger partial charge in [-0.25, -0.2) is 13.2 Å². The van der Waals surface area contributed by atoms with Gasteiger partial charge in [-0.15, -0.1) is 0 Å². The monoisotopic (exact) mass is 336 g/mol. The molecule has 1 saturated carbocycles. The third-order valence-electron chi connectivity index (χ3n) is 5.88. The van der Waals surface area contributed by atoms with Gasteiger partial charge in [-0.1, -0.05) is 25.8 Å². The Morgan fingerprint density at radius 1 is 0.917 bits per heavy atom. The topological polar surface area (TPSA) is 0 Å². The highest BCUT2D eigenvalue weighted by atomic mass is 19.1. The third-order valence-corrected chi connectivity index (χ3v) is 5.88. The molecule has 1 aromatic rings. The fraction of sp³-hybridized carbons (Fsp3) is 0.619. The van der Waals surface area contributed by atoms with E-state index in [1.54, 1.807) is 0 Å². The number of allylic oxidation sites excluding steroid dienone is 2. The lowest BCUT2D eigenvalue weighted by atomic mass is 9.76. The minimum absolute atomic E-state index is 0.155. The Kier molecular flexibility index (Phi) is 5.68. The lowest BCUT2D eigenvalue weighted by molar-refractivity contribution is 0.307. The van der Waals surface area contributed by atoms with Gasteiger partial charge in [0.25, 0.3) is 0 Å². The van der Waals surface area contributed by atoms with Gasteiger partial charge < -0.3 is 0 Å². The van der Waals surface area contributed by atoms with Gasteiger partial charge in [0.2, 0.25) is 0 Å². The Bertz CT molecular complexity index is 574. The van der Waals surface area contributed by atoms with Gasteiger partial charge in [-0.3, -0.25) is 0 Å². The third kappa shape index (κ3) is 3.87. The van der Waals surface area contributed by atoms with Crippen LogP contribution in [-0.4, -0.2) is 0 Å². The molecule has 0 bridgehead atoms. The quantitative estimate of drug-likeness (QED) is 0.547. The van der Waals surface area contributed by atoms with Crippen LogP contribution in [0.5, 0.6) is 0 Å². The molecule has 2 aliphatic carbocycles. The summed E-state index contributed by atoms with van der Waals surface area (Å²) in [6.07, 6.45) is 9.48. The zero-order chi connectivity index (χ0) is 17.1. The number of rotatable bonds is 4. The largest absolute Gasteiger partial charge is 0.212 e. The van der Waals surface area contributed by atoms with Crippen LogP contribution in [0.1, 0.15) is 87.7 Å².